The first-order chi connectivity index (χ1) is 9.67. The molecule has 1 aliphatic carbocycles. The second-order valence-electron chi connectivity index (χ2n) is 5.53. The van der Waals surface area contributed by atoms with Gasteiger partial charge in [0.25, 0.3) is 0 Å². The van der Waals surface area contributed by atoms with Crippen molar-refractivity contribution in [3.8, 4) is 0 Å². The highest BCUT2D eigenvalue weighted by molar-refractivity contribution is 5.96. The summed E-state index contributed by atoms with van der Waals surface area (Å²) in [5, 5.41) is 2.78. The zero-order valence-electron chi connectivity index (χ0n) is 12.7. The summed E-state index contributed by atoms with van der Waals surface area (Å²) in [5.74, 6) is 0. The van der Waals surface area contributed by atoms with Crippen molar-refractivity contribution in [2.45, 2.75) is 40.5 Å². The molecular weight excluding hydrogens is 240 g/mol. The third-order valence-corrected chi connectivity index (χ3v) is 4.52. The Kier molecular flexibility index (Phi) is 3.14. The lowest BCUT2D eigenvalue weighted by atomic mass is 9.86. The van der Waals surface area contributed by atoms with Crippen molar-refractivity contribution in [3.63, 3.8) is 0 Å². The highest BCUT2D eigenvalue weighted by Gasteiger charge is 2.14. The maximum Gasteiger partial charge on any atom is -0.00335 e. The van der Waals surface area contributed by atoms with Gasteiger partial charge in [0.2, 0.25) is 0 Å². The Labute approximate surface area is 121 Å². The summed E-state index contributed by atoms with van der Waals surface area (Å²) in [6, 6.07) is 4.79. The van der Waals surface area contributed by atoms with E-state index in [1.807, 2.05) is 0 Å². The van der Waals surface area contributed by atoms with Crippen molar-refractivity contribution < 1.29 is 0 Å². The molecule has 0 atom stereocenters. The van der Waals surface area contributed by atoms with Crippen molar-refractivity contribution in [1.29, 1.82) is 0 Å². The molecule has 0 amide bonds. The average molecular weight is 260 g/mol. The topological polar surface area (TPSA) is 0 Å². The van der Waals surface area contributed by atoms with E-state index < -0.39 is 0 Å². The van der Waals surface area contributed by atoms with E-state index in [9.17, 15) is 0 Å². The Bertz CT molecular complexity index is 738. The zero-order chi connectivity index (χ0) is 14.3. The monoisotopic (exact) mass is 260 g/mol. The fraction of sp³-hybridized carbons (Fsp3) is 0.300. The summed E-state index contributed by atoms with van der Waals surface area (Å²) in [5.41, 5.74) is 14.5. The van der Waals surface area contributed by atoms with E-state index in [-0.39, 0.29) is 0 Å². The summed E-state index contributed by atoms with van der Waals surface area (Å²) in [7, 11) is 0. The minimum atomic E-state index is 1.10. The van der Waals surface area contributed by atoms with E-state index in [0.717, 1.165) is 12.8 Å². The molecule has 0 heteroatoms. The van der Waals surface area contributed by atoms with Crippen LogP contribution in [0.1, 0.15) is 47.2 Å². The third-order valence-electron chi connectivity index (χ3n) is 4.52. The van der Waals surface area contributed by atoms with Crippen LogP contribution >= 0.6 is 0 Å². The summed E-state index contributed by atoms with van der Waals surface area (Å²) >= 11 is 0. The molecule has 0 nitrogen and oxygen atoms in total. The summed E-state index contributed by atoms with van der Waals surface area (Å²) in [6.45, 7) is 8.94. The third kappa shape index (κ3) is 1.78. The molecule has 20 heavy (non-hydrogen) atoms. The largest absolute Gasteiger partial charge is 0.0696 e. The van der Waals surface area contributed by atoms with E-state index in [4.69, 9.17) is 0 Å². The van der Waals surface area contributed by atoms with Crippen molar-refractivity contribution in [2.24, 2.45) is 0 Å². The minimum absolute atomic E-state index is 1.10. The first-order valence-corrected chi connectivity index (χ1v) is 7.43. The fourth-order valence-corrected chi connectivity index (χ4v) is 3.26. The van der Waals surface area contributed by atoms with Crippen LogP contribution in [-0.2, 0) is 12.8 Å². The van der Waals surface area contributed by atoms with E-state index in [2.05, 4.69) is 63.4 Å². The highest BCUT2D eigenvalue weighted by Crippen LogP contribution is 2.34. The van der Waals surface area contributed by atoms with Crippen LogP contribution in [0, 0.1) is 13.8 Å². The number of hydrogen-bond acceptors (Lipinski definition) is 0. The lowest BCUT2D eigenvalue weighted by Gasteiger charge is -2.18. The van der Waals surface area contributed by atoms with Gasteiger partial charge in [-0.3, -0.25) is 0 Å². The van der Waals surface area contributed by atoms with Gasteiger partial charge < -0.3 is 0 Å². The number of fused-ring (bicyclic) bond motifs is 2. The van der Waals surface area contributed by atoms with Gasteiger partial charge in [0.05, 0.1) is 0 Å². The summed E-state index contributed by atoms with van der Waals surface area (Å²) < 4.78 is 0. The number of aryl methyl sites for hydroxylation is 4. The Morgan fingerprint density at radius 3 is 1.50 bits per heavy atom. The molecule has 2 aromatic carbocycles. The Morgan fingerprint density at radius 1 is 0.750 bits per heavy atom. The van der Waals surface area contributed by atoms with Gasteiger partial charge in [-0.2, -0.15) is 0 Å². The van der Waals surface area contributed by atoms with Crippen LogP contribution in [0.5, 0.6) is 0 Å². The molecular formula is C20H20. The van der Waals surface area contributed by atoms with Crippen LogP contribution in [0.3, 0.4) is 0 Å². The average Bonchev–Trinajstić information content (AvgIpc) is 2.51. The minimum Gasteiger partial charge on any atom is -0.0696 e. The van der Waals surface area contributed by atoms with E-state index in [1.165, 1.54) is 44.2 Å². The van der Waals surface area contributed by atoms with Gasteiger partial charge in [-0.15, -0.1) is 0 Å². The molecule has 0 bridgehead atoms. The summed E-state index contributed by atoms with van der Waals surface area (Å²) in [6.07, 6.45) is 6.33. The molecule has 0 radical (unpaired) electrons. The van der Waals surface area contributed by atoms with Gasteiger partial charge in [0.15, 0.2) is 0 Å². The van der Waals surface area contributed by atoms with Crippen LogP contribution in [0.25, 0.3) is 22.9 Å². The van der Waals surface area contributed by atoms with Crippen molar-refractivity contribution in [1.82, 2.24) is 0 Å². The molecule has 0 unspecified atom stereocenters. The molecule has 0 aromatic heterocycles. The second-order valence-corrected chi connectivity index (χ2v) is 5.53. The maximum absolute atomic E-state index is 3.09. The normalized spacial score (nSPS) is 12.2. The molecule has 1 aliphatic rings. The fourth-order valence-electron chi connectivity index (χ4n) is 3.26. The Hall–Kier alpha value is -2.00. The Morgan fingerprint density at radius 2 is 1.15 bits per heavy atom. The van der Waals surface area contributed by atoms with Crippen LogP contribution in [-0.4, -0.2) is 0 Å². The van der Waals surface area contributed by atoms with Crippen molar-refractivity contribution in [3.05, 3.63) is 57.0 Å². The van der Waals surface area contributed by atoms with Gasteiger partial charge in [-0.1, -0.05) is 37.4 Å². The standard InChI is InChI=1S/C20H20/c1-5-15-11-19-13(3)17-9-7-8-10-18(17)14(4)20(19)12-16(15)6-2/h9-12H,5-6H2,1-4H3. The number of rotatable bonds is 2. The molecule has 0 saturated carbocycles. The van der Waals surface area contributed by atoms with Gasteiger partial charge in [-0.25, -0.2) is 0 Å². The predicted octanol–water partition coefficient (Wildman–Crippen LogP) is 5.38. The maximum atomic E-state index is 3.09. The molecule has 0 N–H and O–H groups in total. The molecule has 0 aliphatic heterocycles. The van der Waals surface area contributed by atoms with Gasteiger partial charge in [0.1, 0.15) is 0 Å². The molecule has 2 aromatic rings. The van der Waals surface area contributed by atoms with E-state index in [1.54, 1.807) is 0 Å². The van der Waals surface area contributed by atoms with Gasteiger partial charge in [0, 0.05) is 0 Å². The second kappa shape index (κ2) is 4.84. The molecule has 0 saturated heterocycles. The number of benzene rings is 2. The van der Waals surface area contributed by atoms with E-state index >= 15 is 0 Å². The number of hydrogen-bond donors (Lipinski definition) is 0. The predicted molar refractivity (Wildman–Crippen MR) is 88.1 cm³/mol. The highest BCUT2D eigenvalue weighted by atomic mass is 14.2. The lowest BCUT2D eigenvalue weighted by molar-refractivity contribution is 1.04. The Balaban J connectivity index is 2.46. The van der Waals surface area contributed by atoms with E-state index in [0.29, 0.717) is 0 Å². The van der Waals surface area contributed by atoms with Crippen LogP contribution < -0.4 is 0 Å². The quantitative estimate of drug-likeness (QED) is 0.543. The van der Waals surface area contributed by atoms with Gasteiger partial charge >= 0.3 is 0 Å². The SMILES string of the molecule is CCc1cc2c(C)c3c(c(C)c2cc1CC)C=C=C=C3. The molecule has 100 valence electrons. The van der Waals surface area contributed by atoms with Crippen molar-refractivity contribution in [2.75, 3.05) is 0 Å². The molecule has 3 rings (SSSR count). The lowest BCUT2D eigenvalue weighted by Crippen LogP contribution is -1.99. The molecule has 0 spiro atoms. The van der Waals surface area contributed by atoms with Crippen LogP contribution in [0.4, 0.5) is 0 Å². The first kappa shape index (κ1) is 13.0. The van der Waals surface area contributed by atoms with Gasteiger partial charge in [-0.05, 0) is 83.0 Å². The molecule has 0 heterocycles. The summed E-state index contributed by atoms with van der Waals surface area (Å²) in [4.78, 5) is 0. The molecule has 0 fully saturated rings. The van der Waals surface area contributed by atoms with Crippen LogP contribution in [0.15, 0.2) is 23.6 Å². The zero-order valence-corrected chi connectivity index (χ0v) is 12.7. The van der Waals surface area contributed by atoms with Crippen LogP contribution in [0.2, 0.25) is 0 Å². The first-order valence-electron chi connectivity index (χ1n) is 7.43. The smallest absolute Gasteiger partial charge is 0.00335 e. The van der Waals surface area contributed by atoms with Crippen molar-refractivity contribution >= 4 is 22.9 Å².